The Hall–Kier alpha value is -1.12. The van der Waals surface area contributed by atoms with Gasteiger partial charge in [-0.15, -0.1) is 30.6 Å². The summed E-state index contributed by atoms with van der Waals surface area (Å²) in [7, 11) is 3.81. The number of hydrogen-bond donors (Lipinski definition) is 1. The first-order valence-electron chi connectivity index (χ1n) is 6.99. The molecule has 6 nitrogen and oxygen atoms in total. The predicted octanol–water partition coefficient (Wildman–Crippen LogP) is 2.75. The smallest absolute Gasteiger partial charge is 0.223 e. The van der Waals surface area contributed by atoms with E-state index in [0.717, 1.165) is 25.3 Å². The quantitative estimate of drug-likeness (QED) is 0.236. The van der Waals surface area contributed by atoms with Crippen LogP contribution >= 0.6 is 24.0 Å². The average molecular weight is 407 g/mol. The molecule has 1 N–H and O–H groups in total. The topological polar surface area (TPSA) is 66.5 Å². The summed E-state index contributed by atoms with van der Waals surface area (Å²) in [6.45, 7) is 7.00. The molecule has 1 heterocycles. The summed E-state index contributed by atoms with van der Waals surface area (Å²) in [5.41, 5.74) is 0. The van der Waals surface area contributed by atoms with Gasteiger partial charge in [0.1, 0.15) is 0 Å². The Balaban J connectivity index is 0.00000400. The van der Waals surface area contributed by atoms with Crippen LogP contribution in [0.25, 0.3) is 0 Å². The summed E-state index contributed by atoms with van der Waals surface area (Å²) < 4.78 is 4.93. The summed E-state index contributed by atoms with van der Waals surface area (Å²) >= 11 is 0. The van der Waals surface area contributed by atoms with E-state index in [0.29, 0.717) is 18.3 Å². The number of unbranched alkanes of at least 4 members (excludes halogenated alkanes) is 3. The highest BCUT2D eigenvalue weighted by molar-refractivity contribution is 14.0. The zero-order valence-corrected chi connectivity index (χ0v) is 15.5. The van der Waals surface area contributed by atoms with E-state index in [1.807, 2.05) is 13.1 Å². The number of nitrogens with one attached hydrogen (secondary N) is 1. The van der Waals surface area contributed by atoms with Crippen LogP contribution < -0.4 is 5.32 Å². The maximum absolute atomic E-state index is 4.93. The van der Waals surface area contributed by atoms with Gasteiger partial charge in [-0.25, -0.2) is 0 Å². The van der Waals surface area contributed by atoms with Crippen molar-refractivity contribution in [3.05, 3.63) is 24.4 Å². The van der Waals surface area contributed by atoms with Crippen molar-refractivity contribution in [1.82, 2.24) is 20.4 Å². The van der Waals surface area contributed by atoms with Gasteiger partial charge in [0.2, 0.25) is 5.89 Å². The molecule has 1 aromatic heterocycles. The monoisotopic (exact) mass is 407 g/mol. The lowest BCUT2D eigenvalue weighted by Crippen LogP contribution is -2.39. The molecule has 0 aliphatic rings. The Morgan fingerprint density at radius 2 is 2.19 bits per heavy atom. The third-order valence-corrected chi connectivity index (χ3v) is 2.95. The Kier molecular flexibility index (Phi) is 10.9. The van der Waals surface area contributed by atoms with Crippen LogP contribution in [0.1, 0.15) is 37.4 Å². The van der Waals surface area contributed by atoms with Crippen LogP contribution in [0.4, 0.5) is 0 Å². The van der Waals surface area contributed by atoms with Gasteiger partial charge in [0.25, 0.3) is 0 Å². The van der Waals surface area contributed by atoms with Gasteiger partial charge in [-0.05, 0) is 19.3 Å². The molecule has 0 aliphatic carbocycles. The highest BCUT2D eigenvalue weighted by atomic mass is 127. The summed E-state index contributed by atoms with van der Waals surface area (Å²) in [6, 6.07) is 0. The van der Waals surface area contributed by atoms with E-state index in [9.17, 15) is 0 Å². The first-order chi connectivity index (χ1) is 9.67. The second kappa shape index (κ2) is 11.5. The Labute approximate surface area is 144 Å². The van der Waals surface area contributed by atoms with E-state index in [-0.39, 0.29) is 24.0 Å². The van der Waals surface area contributed by atoms with Crippen molar-refractivity contribution in [2.24, 2.45) is 4.99 Å². The van der Waals surface area contributed by atoms with Gasteiger partial charge in [-0.3, -0.25) is 4.99 Å². The molecule has 0 unspecified atom stereocenters. The fourth-order valence-electron chi connectivity index (χ4n) is 1.88. The van der Waals surface area contributed by atoms with E-state index >= 15 is 0 Å². The van der Waals surface area contributed by atoms with Crippen molar-refractivity contribution in [3.8, 4) is 0 Å². The van der Waals surface area contributed by atoms with Crippen LogP contribution in [0.3, 0.4) is 0 Å². The Morgan fingerprint density at radius 1 is 1.43 bits per heavy atom. The summed E-state index contributed by atoms with van der Waals surface area (Å²) in [4.78, 5) is 10.5. The second-order valence-electron chi connectivity index (χ2n) is 4.69. The molecule has 120 valence electrons. The van der Waals surface area contributed by atoms with Crippen molar-refractivity contribution in [1.29, 1.82) is 0 Å². The molecule has 0 radical (unpaired) electrons. The van der Waals surface area contributed by atoms with Gasteiger partial charge in [-0.1, -0.05) is 17.7 Å². The highest BCUT2D eigenvalue weighted by Gasteiger charge is 2.07. The third-order valence-electron chi connectivity index (χ3n) is 2.95. The van der Waals surface area contributed by atoms with Gasteiger partial charge in [-0.2, -0.15) is 4.98 Å². The number of hydrogen-bond acceptors (Lipinski definition) is 4. The second-order valence-corrected chi connectivity index (χ2v) is 4.69. The van der Waals surface area contributed by atoms with Crippen molar-refractivity contribution in [2.75, 3.05) is 20.6 Å². The number of aryl methyl sites for hydroxylation is 1. The molecular formula is C14H26IN5O. The van der Waals surface area contributed by atoms with Crippen LogP contribution in [-0.4, -0.2) is 41.6 Å². The van der Waals surface area contributed by atoms with Crippen LogP contribution in [0.5, 0.6) is 0 Å². The van der Waals surface area contributed by atoms with Gasteiger partial charge in [0.15, 0.2) is 11.8 Å². The summed E-state index contributed by atoms with van der Waals surface area (Å²) in [6.07, 6.45) is 6.61. The zero-order chi connectivity index (χ0) is 14.8. The van der Waals surface area contributed by atoms with Gasteiger partial charge in [0, 0.05) is 27.6 Å². The summed E-state index contributed by atoms with van der Waals surface area (Å²) in [5.74, 6) is 2.06. The lowest BCUT2D eigenvalue weighted by molar-refractivity contribution is 0.386. The van der Waals surface area contributed by atoms with Gasteiger partial charge >= 0.3 is 0 Å². The minimum absolute atomic E-state index is 0. The Bertz CT molecular complexity index is 433. The van der Waals surface area contributed by atoms with Crippen molar-refractivity contribution in [2.45, 2.75) is 39.2 Å². The number of allylic oxidation sites excluding steroid dienone is 1. The normalized spacial score (nSPS) is 10.9. The molecule has 0 aromatic carbocycles. The van der Waals surface area contributed by atoms with Crippen molar-refractivity contribution >= 4 is 29.9 Å². The Morgan fingerprint density at radius 3 is 2.76 bits per heavy atom. The van der Waals surface area contributed by atoms with E-state index in [1.54, 1.807) is 14.0 Å². The van der Waals surface area contributed by atoms with E-state index in [2.05, 4.69) is 31.9 Å². The molecule has 0 aliphatic heterocycles. The number of aliphatic imine (C=N–C) groups is 1. The molecule has 1 rings (SSSR count). The van der Waals surface area contributed by atoms with E-state index in [4.69, 9.17) is 4.52 Å². The maximum Gasteiger partial charge on any atom is 0.223 e. The number of nitrogens with zero attached hydrogens (tertiary/aromatic N) is 4. The van der Waals surface area contributed by atoms with Gasteiger partial charge in [0.05, 0.1) is 6.54 Å². The number of aromatic nitrogens is 2. The largest absolute Gasteiger partial charge is 0.349 e. The van der Waals surface area contributed by atoms with Gasteiger partial charge < -0.3 is 14.7 Å². The fourth-order valence-corrected chi connectivity index (χ4v) is 1.88. The SMILES string of the molecule is C=CCCCCCN(C)C(=NC)NCc1noc(C)n1.I. The summed E-state index contributed by atoms with van der Waals surface area (Å²) in [5, 5.41) is 7.07. The minimum atomic E-state index is 0. The standard InChI is InChI=1S/C14H25N5O.HI/c1-5-6-7-8-9-10-19(4)14(15-3)16-11-13-17-12(2)20-18-13;/h5H,1,6-11H2,2-4H3,(H,15,16);1H. The molecule has 0 fully saturated rings. The van der Waals surface area contributed by atoms with Crippen LogP contribution in [0.2, 0.25) is 0 Å². The molecule has 0 atom stereocenters. The molecule has 0 saturated carbocycles. The molecule has 0 spiro atoms. The van der Waals surface area contributed by atoms with E-state index < -0.39 is 0 Å². The molecular weight excluding hydrogens is 381 g/mol. The molecule has 0 amide bonds. The lowest BCUT2D eigenvalue weighted by atomic mass is 10.2. The van der Waals surface area contributed by atoms with Crippen LogP contribution in [0.15, 0.2) is 22.2 Å². The first-order valence-corrected chi connectivity index (χ1v) is 6.99. The zero-order valence-electron chi connectivity index (χ0n) is 13.1. The van der Waals surface area contributed by atoms with Crippen molar-refractivity contribution < 1.29 is 4.52 Å². The highest BCUT2D eigenvalue weighted by Crippen LogP contribution is 2.02. The molecule has 7 heteroatoms. The molecule has 0 bridgehead atoms. The van der Waals surface area contributed by atoms with Crippen molar-refractivity contribution in [3.63, 3.8) is 0 Å². The van der Waals surface area contributed by atoms with Crippen LogP contribution in [-0.2, 0) is 6.54 Å². The predicted molar refractivity (Wildman–Crippen MR) is 95.9 cm³/mol. The maximum atomic E-state index is 4.93. The number of rotatable bonds is 8. The molecule has 1 aromatic rings. The fraction of sp³-hybridized carbons (Fsp3) is 0.643. The molecule has 21 heavy (non-hydrogen) atoms. The average Bonchev–Trinajstić information content (AvgIpc) is 2.85. The van der Waals surface area contributed by atoms with E-state index in [1.165, 1.54) is 12.8 Å². The molecule has 0 saturated heterocycles. The first kappa shape index (κ1) is 19.9. The number of guanidine groups is 1. The number of halogens is 1. The lowest BCUT2D eigenvalue weighted by Gasteiger charge is -2.21. The minimum Gasteiger partial charge on any atom is -0.349 e. The van der Waals surface area contributed by atoms with Crippen LogP contribution in [0, 0.1) is 6.92 Å². The third kappa shape index (κ3) is 8.03.